The van der Waals surface area contributed by atoms with Crippen LogP contribution in [-0.4, -0.2) is 137 Å². The lowest BCUT2D eigenvalue weighted by atomic mass is 9.78. The van der Waals surface area contributed by atoms with Crippen molar-refractivity contribution in [2.45, 2.75) is 137 Å². The number of rotatable bonds is 10. The van der Waals surface area contributed by atoms with E-state index in [1.165, 1.54) is 6.92 Å². The van der Waals surface area contributed by atoms with Gasteiger partial charge in [-0.05, 0) is 59.4 Å². The van der Waals surface area contributed by atoms with Gasteiger partial charge in [-0.15, -0.1) is 0 Å². The fraction of sp³-hybridized carbons (Fsp3) is 0.926. The molecule has 7 unspecified atom stereocenters. The average Bonchev–Trinajstić information content (AvgIpc) is 2.92. The fourth-order valence-electron chi connectivity index (χ4n) is 6.24. The second kappa shape index (κ2) is 13.8. The largest absolute Gasteiger partial charge is 0.388 e. The van der Waals surface area contributed by atoms with Crippen molar-refractivity contribution in [2.75, 3.05) is 20.2 Å². The molecular formula is C27H52N8O8. The highest BCUT2D eigenvalue weighted by Gasteiger charge is 2.52. The summed E-state index contributed by atoms with van der Waals surface area (Å²) in [4.78, 5) is 0. The van der Waals surface area contributed by atoms with E-state index in [0.717, 1.165) is 6.42 Å². The monoisotopic (exact) mass is 616 g/mol. The number of hydrogen-bond acceptors (Lipinski definition) is 14. The summed E-state index contributed by atoms with van der Waals surface area (Å²) in [6.45, 7) is 3.43. The van der Waals surface area contributed by atoms with Crippen LogP contribution in [0.5, 0.6) is 0 Å². The topological polar surface area (TPSA) is 280 Å². The van der Waals surface area contributed by atoms with Gasteiger partial charge in [-0.25, -0.2) is 0 Å². The Morgan fingerprint density at radius 2 is 1.72 bits per heavy atom. The molecule has 2 saturated carbocycles. The van der Waals surface area contributed by atoms with Crippen LogP contribution >= 0.6 is 0 Å². The molecule has 2 saturated heterocycles. The maximum atomic E-state index is 11.7. The molecule has 15 N–H and O–H groups in total. The van der Waals surface area contributed by atoms with E-state index in [9.17, 15) is 20.4 Å². The summed E-state index contributed by atoms with van der Waals surface area (Å²) >= 11 is 0. The van der Waals surface area contributed by atoms with Crippen LogP contribution in [0.3, 0.4) is 0 Å². The van der Waals surface area contributed by atoms with Gasteiger partial charge in [0, 0.05) is 12.6 Å². The molecule has 0 radical (unpaired) electrons. The molecule has 4 rings (SSSR count). The summed E-state index contributed by atoms with van der Waals surface area (Å²) in [6, 6.07) is -3.21. The van der Waals surface area contributed by atoms with E-state index in [1.807, 2.05) is 0 Å². The molecule has 0 aromatic carbocycles. The number of nitrogens with two attached hydrogens (primary N) is 3. The van der Waals surface area contributed by atoms with Crippen LogP contribution in [0.15, 0.2) is 0 Å². The zero-order valence-electron chi connectivity index (χ0n) is 25.2. The van der Waals surface area contributed by atoms with Gasteiger partial charge in [0.2, 0.25) is 0 Å². The fourth-order valence-corrected chi connectivity index (χ4v) is 6.24. The predicted octanol–water partition coefficient (Wildman–Crippen LogP) is -3.50. The Bertz CT molecular complexity index is 971. The van der Waals surface area contributed by atoms with Crippen molar-refractivity contribution >= 4 is 11.7 Å². The van der Waals surface area contributed by atoms with Gasteiger partial charge in [0.1, 0.15) is 47.3 Å². The van der Waals surface area contributed by atoms with E-state index < -0.39 is 78.4 Å². The first-order valence-corrected chi connectivity index (χ1v) is 15.2. The van der Waals surface area contributed by atoms with Crippen LogP contribution in [0.1, 0.15) is 52.4 Å². The van der Waals surface area contributed by atoms with Gasteiger partial charge >= 0.3 is 0 Å². The lowest BCUT2D eigenvalue weighted by Gasteiger charge is -2.50. The minimum atomic E-state index is -1.38. The number of aliphatic hydroxyl groups is 4. The van der Waals surface area contributed by atoms with Crippen molar-refractivity contribution in [3.05, 3.63) is 0 Å². The van der Waals surface area contributed by atoms with Crippen molar-refractivity contribution in [2.24, 2.45) is 17.2 Å². The van der Waals surface area contributed by atoms with Gasteiger partial charge in [-0.1, -0.05) is 0 Å². The van der Waals surface area contributed by atoms with Gasteiger partial charge in [-0.2, -0.15) is 0 Å². The van der Waals surface area contributed by atoms with Crippen LogP contribution in [0.25, 0.3) is 0 Å². The summed E-state index contributed by atoms with van der Waals surface area (Å²) in [6.07, 6.45) is -4.17. The molecule has 43 heavy (non-hydrogen) atoms. The van der Waals surface area contributed by atoms with E-state index in [1.54, 1.807) is 14.0 Å². The molecule has 0 bridgehead atoms. The zero-order chi connectivity index (χ0) is 31.7. The van der Waals surface area contributed by atoms with Crippen LogP contribution in [0.4, 0.5) is 0 Å². The average molecular weight is 617 g/mol. The number of ether oxygens (including phenoxy) is 4. The van der Waals surface area contributed by atoms with Gasteiger partial charge in [0.05, 0.1) is 36.9 Å². The van der Waals surface area contributed by atoms with Crippen molar-refractivity contribution in [3.8, 4) is 0 Å². The first-order chi connectivity index (χ1) is 20.2. The molecule has 0 aromatic rings. The Morgan fingerprint density at radius 3 is 2.33 bits per heavy atom. The van der Waals surface area contributed by atoms with Gasteiger partial charge in [-0.3, -0.25) is 10.8 Å². The molecule has 0 amide bonds. The summed E-state index contributed by atoms with van der Waals surface area (Å²) in [5.41, 5.74) is 16.0. The molecule has 4 fully saturated rings. The molecule has 0 aromatic heterocycles. The third-order valence-electron chi connectivity index (χ3n) is 9.19. The summed E-state index contributed by atoms with van der Waals surface area (Å²) in [5, 5.41) is 69.4. The van der Waals surface area contributed by atoms with Crippen molar-refractivity contribution in [1.82, 2.24) is 16.0 Å². The highest BCUT2D eigenvalue weighted by molar-refractivity contribution is 5.88. The molecule has 16 nitrogen and oxygen atoms in total. The Hall–Kier alpha value is -1.54. The molecule has 13 atom stereocenters. The molecule has 248 valence electrons. The maximum absolute atomic E-state index is 11.7. The third kappa shape index (κ3) is 7.65. The first-order valence-electron chi connectivity index (χ1n) is 15.2. The van der Waals surface area contributed by atoms with E-state index in [-0.39, 0.29) is 30.8 Å². The number of hydrogen-bond donors (Lipinski definition) is 12. The molecule has 2 heterocycles. The number of likely N-dealkylation sites (N-methyl/N-ethyl adjacent to an activating group) is 1. The molecule has 0 spiro atoms. The zero-order valence-corrected chi connectivity index (χ0v) is 25.2. The van der Waals surface area contributed by atoms with Gasteiger partial charge in [0.25, 0.3) is 0 Å². The Balaban J connectivity index is 1.49. The number of amidine groups is 2. The quantitative estimate of drug-likeness (QED) is 0.0838. The SMILES string of the molecule is CN[C@@H]1C(O)[C@@H](OC2C(O)C(O[C@H]3O[C@H](CNC(=N)C(C)N)CCC3N)[C@@H](N)C[C@H]2NC(=N)C2(O)CCC2)OCC1(C)O. The summed E-state index contributed by atoms with van der Waals surface area (Å²) < 4.78 is 24.2. The Morgan fingerprint density at radius 1 is 1.05 bits per heavy atom. The lowest BCUT2D eigenvalue weighted by molar-refractivity contribution is -0.307. The smallest absolute Gasteiger partial charge is 0.185 e. The highest BCUT2D eigenvalue weighted by atomic mass is 16.7. The summed E-state index contributed by atoms with van der Waals surface area (Å²) in [5.74, 6) is 0.0908. The predicted molar refractivity (Wildman–Crippen MR) is 156 cm³/mol. The van der Waals surface area contributed by atoms with E-state index in [0.29, 0.717) is 32.2 Å². The van der Waals surface area contributed by atoms with Gasteiger partial charge in [0.15, 0.2) is 12.6 Å². The summed E-state index contributed by atoms with van der Waals surface area (Å²) in [7, 11) is 1.60. The first kappa shape index (κ1) is 34.3. The van der Waals surface area contributed by atoms with Crippen molar-refractivity contribution in [1.29, 1.82) is 10.8 Å². The normalized spacial score (nSPS) is 43.7. The molecule has 4 aliphatic rings. The molecule has 2 aliphatic heterocycles. The van der Waals surface area contributed by atoms with Crippen LogP contribution in [0.2, 0.25) is 0 Å². The second-order valence-electron chi connectivity index (χ2n) is 12.8. The molecular weight excluding hydrogens is 564 g/mol. The second-order valence-corrected chi connectivity index (χ2v) is 12.8. The van der Waals surface area contributed by atoms with E-state index in [4.69, 9.17) is 47.0 Å². The molecule has 2 aliphatic carbocycles. The maximum Gasteiger partial charge on any atom is 0.185 e. The minimum Gasteiger partial charge on any atom is -0.388 e. The standard InChI is InChI=1S/C27H52N8O8/c1-12(28)22(31)34-10-13-5-6-14(29)23(41-13)42-19-15(30)9-16(35-25(32)27(39)7-4-8-27)20(17(19)36)43-24-18(37)21(33-3)26(2,38)11-40-24/h12-21,23-24,33,36-39H,4-11,28-30H2,1-3H3,(H2,31,34)(H2,32,35)/t12?,13-,14?,15-,16+,17?,18?,19?,20?,21+,23+,24+,26?/m0/s1. The Kier molecular flexibility index (Phi) is 11.1. The minimum absolute atomic E-state index is 0.0948. The van der Waals surface area contributed by atoms with Crippen molar-refractivity contribution in [3.63, 3.8) is 0 Å². The van der Waals surface area contributed by atoms with Gasteiger partial charge < -0.3 is 72.5 Å². The highest BCUT2D eigenvalue weighted by Crippen LogP contribution is 2.35. The Labute approximate surface area is 252 Å². The number of aliphatic hydroxyl groups excluding tert-OH is 2. The third-order valence-corrected chi connectivity index (χ3v) is 9.19. The van der Waals surface area contributed by atoms with Crippen molar-refractivity contribution < 1.29 is 39.4 Å². The van der Waals surface area contributed by atoms with Crippen LogP contribution in [0, 0.1) is 10.8 Å². The van der Waals surface area contributed by atoms with Crippen LogP contribution in [-0.2, 0) is 18.9 Å². The van der Waals surface area contributed by atoms with Crippen LogP contribution < -0.4 is 33.2 Å². The van der Waals surface area contributed by atoms with E-state index in [2.05, 4.69) is 16.0 Å². The molecule has 16 heteroatoms. The van der Waals surface area contributed by atoms with E-state index >= 15 is 0 Å². The number of nitrogens with one attached hydrogen (secondary N) is 5. The lowest BCUT2D eigenvalue weighted by Crippen LogP contribution is -2.70.